The highest BCUT2D eigenvalue weighted by atomic mass is 127. The summed E-state index contributed by atoms with van der Waals surface area (Å²) >= 11 is 8.36. The Kier molecular flexibility index (Phi) is 5.25. The van der Waals surface area contributed by atoms with Gasteiger partial charge in [-0.05, 0) is 51.9 Å². The molecule has 0 heterocycles. The van der Waals surface area contributed by atoms with Crippen LogP contribution in [0.5, 0.6) is 0 Å². The van der Waals surface area contributed by atoms with Gasteiger partial charge in [-0.15, -0.1) is 0 Å². The first-order chi connectivity index (χ1) is 9.56. The van der Waals surface area contributed by atoms with Crippen LogP contribution in [0.1, 0.15) is 11.1 Å². The zero-order chi connectivity index (χ0) is 14.5. The van der Waals surface area contributed by atoms with E-state index in [1.165, 1.54) is 0 Å². The molecule has 0 fully saturated rings. The van der Waals surface area contributed by atoms with Crippen LogP contribution >= 0.6 is 34.2 Å². The summed E-state index contributed by atoms with van der Waals surface area (Å²) in [6, 6.07) is 13.3. The molecule has 0 aliphatic rings. The Morgan fingerprint density at radius 1 is 1.20 bits per heavy atom. The topological polar surface area (TPSA) is 49.3 Å². The molecular weight excluding hydrogens is 389 g/mol. The second kappa shape index (κ2) is 6.95. The Balaban J connectivity index is 2.12. The van der Waals surface area contributed by atoms with Gasteiger partial charge >= 0.3 is 5.97 Å². The maximum atomic E-state index is 10.8. The summed E-state index contributed by atoms with van der Waals surface area (Å²) in [5, 5.41) is 12.8. The van der Waals surface area contributed by atoms with Crippen molar-refractivity contribution in [1.29, 1.82) is 0 Å². The minimum absolute atomic E-state index is 0.0261. The number of hydrogen-bond acceptors (Lipinski definition) is 2. The number of nitrogens with one attached hydrogen (secondary N) is 1. The third kappa shape index (κ3) is 4.11. The van der Waals surface area contributed by atoms with E-state index in [1.807, 2.05) is 42.5 Å². The molecule has 0 amide bonds. The summed E-state index contributed by atoms with van der Waals surface area (Å²) in [6.45, 7) is 0.545. The summed E-state index contributed by atoms with van der Waals surface area (Å²) in [4.78, 5) is 10.8. The normalized spacial score (nSPS) is 10.3. The van der Waals surface area contributed by atoms with Gasteiger partial charge in [0.05, 0.1) is 17.1 Å². The molecule has 0 saturated carbocycles. The minimum Gasteiger partial charge on any atom is -0.481 e. The number of carbonyl (C=O) groups is 1. The van der Waals surface area contributed by atoms with E-state index >= 15 is 0 Å². The Morgan fingerprint density at radius 2 is 1.90 bits per heavy atom. The largest absolute Gasteiger partial charge is 0.481 e. The van der Waals surface area contributed by atoms with E-state index in [9.17, 15) is 4.79 Å². The fraction of sp³-hybridized carbons (Fsp3) is 0.133. The summed E-state index contributed by atoms with van der Waals surface area (Å²) < 4.78 is 1.07. The highest BCUT2D eigenvalue weighted by Crippen LogP contribution is 2.24. The van der Waals surface area contributed by atoms with Gasteiger partial charge in [0.2, 0.25) is 0 Å². The van der Waals surface area contributed by atoms with Gasteiger partial charge in [0.25, 0.3) is 0 Å². The van der Waals surface area contributed by atoms with Crippen LogP contribution in [-0.4, -0.2) is 11.1 Å². The van der Waals surface area contributed by atoms with Crippen molar-refractivity contribution in [2.75, 3.05) is 5.32 Å². The predicted octanol–water partition coefficient (Wildman–Crippen LogP) is 4.18. The maximum absolute atomic E-state index is 10.8. The molecule has 0 aliphatic carbocycles. The average molecular weight is 402 g/mol. The van der Waals surface area contributed by atoms with E-state index in [2.05, 4.69) is 27.9 Å². The number of carboxylic acid groups (broad SMARTS) is 1. The zero-order valence-corrected chi connectivity index (χ0v) is 13.5. The van der Waals surface area contributed by atoms with Crippen LogP contribution in [0.25, 0.3) is 0 Å². The van der Waals surface area contributed by atoms with Gasteiger partial charge in [0, 0.05) is 10.1 Å². The van der Waals surface area contributed by atoms with Crippen molar-refractivity contribution in [3.8, 4) is 0 Å². The molecule has 0 bridgehead atoms. The first kappa shape index (κ1) is 15.1. The van der Waals surface area contributed by atoms with E-state index in [1.54, 1.807) is 0 Å². The molecule has 0 radical (unpaired) electrons. The van der Waals surface area contributed by atoms with Gasteiger partial charge in [0.15, 0.2) is 0 Å². The monoisotopic (exact) mass is 401 g/mol. The van der Waals surface area contributed by atoms with Crippen molar-refractivity contribution in [2.24, 2.45) is 0 Å². The van der Waals surface area contributed by atoms with Crippen molar-refractivity contribution in [3.05, 3.63) is 62.2 Å². The Labute approximate surface area is 136 Å². The van der Waals surface area contributed by atoms with Crippen LogP contribution in [-0.2, 0) is 17.8 Å². The number of halogens is 2. The van der Waals surface area contributed by atoms with Crippen LogP contribution in [0.15, 0.2) is 42.5 Å². The summed E-state index contributed by atoms with van der Waals surface area (Å²) in [7, 11) is 0. The van der Waals surface area contributed by atoms with Gasteiger partial charge < -0.3 is 10.4 Å². The molecule has 2 rings (SSSR count). The molecule has 20 heavy (non-hydrogen) atoms. The fourth-order valence-corrected chi connectivity index (χ4v) is 2.81. The SMILES string of the molecule is O=C(O)Cc1ccccc1CNc1ccc(I)cc1Cl. The van der Waals surface area contributed by atoms with Crippen LogP contribution in [0, 0.1) is 3.57 Å². The first-order valence-corrected chi connectivity index (χ1v) is 7.49. The highest BCUT2D eigenvalue weighted by Gasteiger charge is 2.07. The maximum Gasteiger partial charge on any atom is 0.307 e. The van der Waals surface area contributed by atoms with Crippen molar-refractivity contribution >= 4 is 45.8 Å². The van der Waals surface area contributed by atoms with Crippen molar-refractivity contribution in [1.82, 2.24) is 0 Å². The fourth-order valence-electron chi connectivity index (χ4n) is 1.89. The van der Waals surface area contributed by atoms with Crippen molar-refractivity contribution in [2.45, 2.75) is 13.0 Å². The standard InChI is InChI=1S/C15H13ClINO2/c16-13-8-12(17)5-6-14(13)18-9-11-4-2-1-3-10(11)7-15(19)20/h1-6,8,18H,7,9H2,(H,19,20). The summed E-state index contributed by atoms with van der Waals surface area (Å²) in [5.74, 6) is -0.829. The lowest BCUT2D eigenvalue weighted by Gasteiger charge is -2.11. The molecule has 0 saturated heterocycles. The first-order valence-electron chi connectivity index (χ1n) is 6.04. The third-order valence-corrected chi connectivity index (χ3v) is 3.84. The van der Waals surface area contributed by atoms with E-state index in [4.69, 9.17) is 16.7 Å². The molecule has 0 atom stereocenters. The summed E-state index contributed by atoms with van der Waals surface area (Å²) in [6.07, 6.45) is 0.0261. The van der Waals surface area contributed by atoms with Crippen molar-refractivity contribution < 1.29 is 9.90 Å². The summed E-state index contributed by atoms with van der Waals surface area (Å²) in [5.41, 5.74) is 2.62. The van der Waals surface area contributed by atoms with Crippen LogP contribution in [0.3, 0.4) is 0 Å². The predicted molar refractivity (Wildman–Crippen MR) is 89.3 cm³/mol. The van der Waals surface area contributed by atoms with E-state index in [0.29, 0.717) is 11.6 Å². The average Bonchev–Trinajstić information content (AvgIpc) is 2.39. The van der Waals surface area contributed by atoms with E-state index < -0.39 is 5.97 Å². The van der Waals surface area contributed by atoms with Gasteiger partial charge in [0.1, 0.15) is 0 Å². The van der Waals surface area contributed by atoms with Gasteiger partial charge in [-0.3, -0.25) is 4.79 Å². The van der Waals surface area contributed by atoms with Gasteiger partial charge in [-0.1, -0.05) is 35.9 Å². The number of rotatable bonds is 5. The zero-order valence-electron chi connectivity index (χ0n) is 10.6. The Bertz CT molecular complexity index is 631. The molecule has 2 aromatic rings. The lowest BCUT2D eigenvalue weighted by molar-refractivity contribution is -0.136. The molecule has 104 valence electrons. The number of hydrogen-bond donors (Lipinski definition) is 2. The second-order valence-corrected chi connectivity index (χ2v) is 5.97. The van der Waals surface area contributed by atoms with E-state index in [-0.39, 0.29) is 6.42 Å². The molecule has 0 unspecified atom stereocenters. The second-order valence-electron chi connectivity index (χ2n) is 4.32. The molecular formula is C15H13ClINO2. The van der Waals surface area contributed by atoms with Gasteiger partial charge in [-0.25, -0.2) is 0 Å². The number of carboxylic acids is 1. The number of anilines is 1. The quantitative estimate of drug-likeness (QED) is 0.739. The van der Waals surface area contributed by atoms with Crippen LogP contribution in [0.4, 0.5) is 5.69 Å². The van der Waals surface area contributed by atoms with Crippen LogP contribution < -0.4 is 5.32 Å². The molecule has 5 heteroatoms. The lowest BCUT2D eigenvalue weighted by Crippen LogP contribution is -2.07. The van der Waals surface area contributed by atoms with E-state index in [0.717, 1.165) is 20.4 Å². The molecule has 2 aromatic carbocycles. The minimum atomic E-state index is -0.829. The highest BCUT2D eigenvalue weighted by molar-refractivity contribution is 14.1. The Morgan fingerprint density at radius 3 is 2.55 bits per heavy atom. The number of aliphatic carboxylic acids is 1. The third-order valence-electron chi connectivity index (χ3n) is 2.86. The Hall–Kier alpha value is -1.27. The van der Waals surface area contributed by atoms with Crippen molar-refractivity contribution in [3.63, 3.8) is 0 Å². The molecule has 0 spiro atoms. The number of benzene rings is 2. The molecule has 0 aromatic heterocycles. The lowest BCUT2D eigenvalue weighted by atomic mass is 10.0. The smallest absolute Gasteiger partial charge is 0.307 e. The molecule has 3 nitrogen and oxygen atoms in total. The van der Waals surface area contributed by atoms with Gasteiger partial charge in [-0.2, -0.15) is 0 Å². The molecule has 0 aliphatic heterocycles. The van der Waals surface area contributed by atoms with Crippen LogP contribution in [0.2, 0.25) is 5.02 Å². The molecule has 2 N–H and O–H groups in total.